The maximum Gasteiger partial charge on any atom is 0.0664 e. The molecule has 3 unspecified atom stereocenters. The lowest BCUT2D eigenvalue weighted by atomic mass is 9.60. The maximum absolute atomic E-state index is 6.21. The second-order valence-electron chi connectivity index (χ2n) is 5.63. The second kappa shape index (κ2) is 5.05. The molecule has 2 heteroatoms. The lowest BCUT2D eigenvalue weighted by molar-refractivity contribution is -0.156. The molecule has 0 saturated heterocycles. The third-order valence-corrected chi connectivity index (χ3v) is 4.74. The minimum atomic E-state index is 0.435. The highest BCUT2D eigenvalue weighted by Gasteiger charge is 2.56. The van der Waals surface area contributed by atoms with Gasteiger partial charge in [-0.2, -0.15) is 0 Å². The molecule has 3 atom stereocenters. The Morgan fingerprint density at radius 2 is 2.00 bits per heavy atom. The van der Waals surface area contributed by atoms with Gasteiger partial charge in [-0.05, 0) is 39.2 Å². The standard InChI is InChI=1S/C14H27NO/c1-4-11(3)16-13-10-12(15-5-2)14(13)8-6-7-9-14/h11-13,15H,4-10H2,1-3H3. The Labute approximate surface area is 100 Å². The van der Waals surface area contributed by atoms with Crippen molar-refractivity contribution in [3.8, 4) is 0 Å². The van der Waals surface area contributed by atoms with E-state index in [-0.39, 0.29) is 0 Å². The van der Waals surface area contributed by atoms with Crippen LogP contribution >= 0.6 is 0 Å². The summed E-state index contributed by atoms with van der Waals surface area (Å²) in [6, 6.07) is 0.731. The van der Waals surface area contributed by atoms with E-state index in [1.807, 2.05) is 0 Å². The largest absolute Gasteiger partial charge is 0.375 e. The van der Waals surface area contributed by atoms with Gasteiger partial charge in [-0.25, -0.2) is 0 Å². The third-order valence-electron chi connectivity index (χ3n) is 4.74. The van der Waals surface area contributed by atoms with E-state index in [1.165, 1.54) is 32.1 Å². The Balaban J connectivity index is 1.95. The van der Waals surface area contributed by atoms with Crippen molar-refractivity contribution in [1.82, 2.24) is 5.32 Å². The fraction of sp³-hybridized carbons (Fsp3) is 1.00. The van der Waals surface area contributed by atoms with Crippen LogP contribution in [-0.2, 0) is 4.74 Å². The van der Waals surface area contributed by atoms with Crippen molar-refractivity contribution in [3.05, 3.63) is 0 Å². The van der Waals surface area contributed by atoms with Crippen LogP contribution in [0.15, 0.2) is 0 Å². The van der Waals surface area contributed by atoms with Gasteiger partial charge in [-0.1, -0.05) is 26.7 Å². The van der Waals surface area contributed by atoms with Crippen LogP contribution in [0, 0.1) is 5.41 Å². The first-order chi connectivity index (χ1) is 7.73. The molecule has 94 valence electrons. The average molecular weight is 225 g/mol. The van der Waals surface area contributed by atoms with Crippen molar-refractivity contribution >= 4 is 0 Å². The predicted octanol–water partition coefficient (Wildman–Crippen LogP) is 3.11. The van der Waals surface area contributed by atoms with Gasteiger partial charge in [0.1, 0.15) is 0 Å². The molecule has 0 heterocycles. The molecule has 1 N–H and O–H groups in total. The maximum atomic E-state index is 6.21. The van der Waals surface area contributed by atoms with Gasteiger partial charge in [0, 0.05) is 11.5 Å². The van der Waals surface area contributed by atoms with Crippen LogP contribution in [0.1, 0.15) is 59.3 Å². The summed E-state index contributed by atoms with van der Waals surface area (Å²) in [5.74, 6) is 0. The summed E-state index contributed by atoms with van der Waals surface area (Å²) in [5, 5.41) is 3.66. The third kappa shape index (κ3) is 2.02. The van der Waals surface area contributed by atoms with Crippen molar-refractivity contribution < 1.29 is 4.74 Å². The molecule has 0 aromatic rings. The van der Waals surface area contributed by atoms with Crippen LogP contribution in [-0.4, -0.2) is 24.8 Å². The molecular formula is C14H27NO. The van der Waals surface area contributed by atoms with Gasteiger partial charge in [-0.15, -0.1) is 0 Å². The lowest BCUT2D eigenvalue weighted by Crippen LogP contribution is -2.63. The Kier molecular flexibility index (Phi) is 3.91. The summed E-state index contributed by atoms with van der Waals surface area (Å²) < 4.78 is 6.21. The summed E-state index contributed by atoms with van der Waals surface area (Å²) >= 11 is 0. The quantitative estimate of drug-likeness (QED) is 0.776. The minimum Gasteiger partial charge on any atom is -0.375 e. The zero-order chi connectivity index (χ0) is 11.6. The van der Waals surface area contributed by atoms with E-state index < -0.39 is 0 Å². The van der Waals surface area contributed by atoms with E-state index in [4.69, 9.17) is 4.74 Å². The lowest BCUT2D eigenvalue weighted by Gasteiger charge is -2.55. The van der Waals surface area contributed by atoms with Gasteiger partial charge < -0.3 is 10.1 Å². The number of rotatable bonds is 5. The van der Waals surface area contributed by atoms with E-state index in [0.29, 0.717) is 17.6 Å². The van der Waals surface area contributed by atoms with Crippen molar-refractivity contribution in [2.75, 3.05) is 6.54 Å². The first-order valence-electron chi connectivity index (χ1n) is 7.11. The Morgan fingerprint density at radius 3 is 2.56 bits per heavy atom. The molecule has 1 spiro atoms. The monoisotopic (exact) mass is 225 g/mol. The highest BCUT2D eigenvalue weighted by Crippen LogP contribution is 2.55. The molecule has 0 bridgehead atoms. The topological polar surface area (TPSA) is 21.3 Å². The van der Waals surface area contributed by atoms with E-state index in [9.17, 15) is 0 Å². The van der Waals surface area contributed by atoms with Gasteiger partial charge >= 0.3 is 0 Å². The number of hydrogen-bond donors (Lipinski definition) is 1. The molecule has 2 aliphatic carbocycles. The van der Waals surface area contributed by atoms with Crippen LogP contribution in [0.5, 0.6) is 0 Å². The normalized spacial score (nSPS) is 33.9. The molecule has 0 amide bonds. The molecular weight excluding hydrogens is 198 g/mol. The molecule has 2 rings (SSSR count). The number of nitrogens with one attached hydrogen (secondary N) is 1. The number of ether oxygens (including phenoxy) is 1. The highest BCUT2D eigenvalue weighted by molar-refractivity contribution is 5.10. The first-order valence-corrected chi connectivity index (χ1v) is 7.11. The Hall–Kier alpha value is -0.0800. The van der Waals surface area contributed by atoms with Crippen LogP contribution in [0.25, 0.3) is 0 Å². The van der Waals surface area contributed by atoms with Crippen LogP contribution in [0.3, 0.4) is 0 Å². The molecule has 0 radical (unpaired) electrons. The van der Waals surface area contributed by atoms with Gasteiger partial charge in [-0.3, -0.25) is 0 Å². The van der Waals surface area contributed by atoms with Crippen molar-refractivity contribution in [2.45, 2.75) is 77.5 Å². The molecule has 0 aliphatic heterocycles. The van der Waals surface area contributed by atoms with Crippen molar-refractivity contribution in [1.29, 1.82) is 0 Å². The molecule has 16 heavy (non-hydrogen) atoms. The molecule has 2 saturated carbocycles. The molecule has 2 fully saturated rings. The van der Waals surface area contributed by atoms with Gasteiger partial charge in [0.15, 0.2) is 0 Å². The van der Waals surface area contributed by atoms with E-state index in [0.717, 1.165) is 19.0 Å². The molecule has 2 aliphatic rings. The predicted molar refractivity (Wildman–Crippen MR) is 67.6 cm³/mol. The fourth-order valence-corrected chi connectivity index (χ4v) is 3.55. The molecule has 0 aromatic carbocycles. The summed E-state index contributed by atoms with van der Waals surface area (Å²) in [6.07, 6.45) is 8.91. The van der Waals surface area contributed by atoms with Gasteiger partial charge in [0.05, 0.1) is 12.2 Å². The fourth-order valence-electron chi connectivity index (χ4n) is 3.55. The first kappa shape index (κ1) is 12.4. The van der Waals surface area contributed by atoms with Crippen molar-refractivity contribution in [2.24, 2.45) is 5.41 Å². The van der Waals surface area contributed by atoms with E-state index in [2.05, 4.69) is 26.1 Å². The minimum absolute atomic E-state index is 0.435. The van der Waals surface area contributed by atoms with Crippen LogP contribution in [0.2, 0.25) is 0 Å². The highest BCUT2D eigenvalue weighted by atomic mass is 16.5. The Bertz CT molecular complexity index is 223. The van der Waals surface area contributed by atoms with E-state index >= 15 is 0 Å². The molecule has 2 nitrogen and oxygen atoms in total. The summed E-state index contributed by atoms with van der Waals surface area (Å²) in [7, 11) is 0. The van der Waals surface area contributed by atoms with Gasteiger partial charge in [0.2, 0.25) is 0 Å². The Morgan fingerprint density at radius 1 is 1.31 bits per heavy atom. The van der Waals surface area contributed by atoms with Crippen LogP contribution < -0.4 is 5.32 Å². The molecule has 0 aromatic heterocycles. The average Bonchev–Trinajstić information content (AvgIpc) is 2.79. The van der Waals surface area contributed by atoms with Crippen molar-refractivity contribution in [3.63, 3.8) is 0 Å². The zero-order valence-electron chi connectivity index (χ0n) is 11.1. The smallest absolute Gasteiger partial charge is 0.0664 e. The summed E-state index contributed by atoms with van der Waals surface area (Å²) in [4.78, 5) is 0. The second-order valence-corrected chi connectivity index (χ2v) is 5.63. The van der Waals surface area contributed by atoms with E-state index in [1.54, 1.807) is 0 Å². The summed E-state index contributed by atoms with van der Waals surface area (Å²) in [6.45, 7) is 7.74. The zero-order valence-corrected chi connectivity index (χ0v) is 11.1. The van der Waals surface area contributed by atoms with Crippen LogP contribution in [0.4, 0.5) is 0 Å². The summed E-state index contributed by atoms with van der Waals surface area (Å²) in [5.41, 5.74) is 0.499. The number of hydrogen-bond acceptors (Lipinski definition) is 2. The van der Waals surface area contributed by atoms with Gasteiger partial charge in [0.25, 0.3) is 0 Å². The SMILES string of the molecule is CCNC1CC(OC(C)CC)C12CCCC2.